The van der Waals surface area contributed by atoms with E-state index in [4.69, 9.17) is 4.74 Å². The highest BCUT2D eigenvalue weighted by Gasteiger charge is 2.27. The minimum absolute atomic E-state index is 0.0599. The van der Waals surface area contributed by atoms with Gasteiger partial charge in [0.2, 0.25) is 10.0 Å². The number of carbonyl (C=O) groups excluding carboxylic acids is 1. The molecule has 2 aliphatic rings. The Morgan fingerprint density at radius 2 is 1.92 bits per heavy atom. The van der Waals surface area contributed by atoms with E-state index < -0.39 is 10.0 Å². The molecule has 6 nitrogen and oxygen atoms in total. The lowest BCUT2D eigenvalue weighted by Crippen LogP contribution is -2.33. The van der Waals surface area contributed by atoms with Crippen LogP contribution in [0.3, 0.4) is 0 Å². The number of amides is 1. The fourth-order valence-corrected chi connectivity index (χ4v) is 5.32. The number of rotatable bonds is 5. The van der Waals surface area contributed by atoms with Crippen molar-refractivity contribution in [3.63, 3.8) is 0 Å². The van der Waals surface area contributed by atoms with Gasteiger partial charge in [0.25, 0.3) is 5.91 Å². The average Bonchev–Trinajstić information content (AvgIpc) is 2.99. The molecule has 0 aliphatic carbocycles. The molecule has 1 amide bonds. The number of hydrogen-bond acceptors (Lipinski definition) is 4. The first-order valence-corrected chi connectivity index (χ1v) is 10.9. The number of aryl methyl sites for hydroxylation is 1. The van der Waals surface area contributed by atoms with Gasteiger partial charge in [0.05, 0.1) is 11.0 Å². The Labute approximate surface area is 156 Å². The van der Waals surface area contributed by atoms with Crippen molar-refractivity contribution in [2.45, 2.75) is 56.4 Å². The van der Waals surface area contributed by atoms with E-state index >= 15 is 0 Å². The maximum absolute atomic E-state index is 13.1. The third kappa shape index (κ3) is 4.45. The van der Waals surface area contributed by atoms with Crippen molar-refractivity contribution in [2.75, 3.05) is 26.2 Å². The summed E-state index contributed by atoms with van der Waals surface area (Å²) in [4.78, 5) is 12.7. The van der Waals surface area contributed by atoms with E-state index in [0.29, 0.717) is 30.8 Å². The van der Waals surface area contributed by atoms with Crippen molar-refractivity contribution in [2.24, 2.45) is 0 Å². The second-order valence-electron chi connectivity index (χ2n) is 7.14. The highest BCUT2D eigenvalue weighted by molar-refractivity contribution is 7.89. The predicted molar refractivity (Wildman–Crippen MR) is 99.7 cm³/mol. The molecule has 1 atom stereocenters. The molecule has 7 heteroatoms. The molecule has 2 heterocycles. The van der Waals surface area contributed by atoms with Gasteiger partial charge in [-0.2, -0.15) is 4.31 Å². The Morgan fingerprint density at radius 1 is 1.19 bits per heavy atom. The number of benzene rings is 1. The third-order valence-corrected chi connectivity index (χ3v) is 7.19. The zero-order chi connectivity index (χ0) is 18.6. The van der Waals surface area contributed by atoms with E-state index in [1.54, 1.807) is 23.4 Å². The van der Waals surface area contributed by atoms with Gasteiger partial charge in [-0.25, -0.2) is 8.42 Å². The number of carbonyl (C=O) groups is 1. The lowest BCUT2D eigenvalue weighted by molar-refractivity contribution is 0.0857. The van der Waals surface area contributed by atoms with Crippen LogP contribution >= 0.6 is 0 Å². The molecule has 26 heavy (non-hydrogen) atoms. The van der Waals surface area contributed by atoms with Crippen molar-refractivity contribution in [1.82, 2.24) is 9.62 Å². The number of sulfonamides is 1. The SMILES string of the molecule is Cc1ccc(C(=O)NC[C@@H]2CCCO2)cc1S(=O)(=O)N1CCCCCC1. The van der Waals surface area contributed by atoms with Crippen LogP contribution in [-0.4, -0.2) is 51.0 Å². The second-order valence-corrected chi connectivity index (χ2v) is 9.05. The summed E-state index contributed by atoms with van der Waals surface area (Å²) in [6.45, 7) is 4.08. The highest BCUT2D eigenvalue weighted by atomic mass is 32.2. The molecule has 144 valence electrons. The van der Waals surface area contributed by atoms with Crippen LogP contribution in [0, 0.1) is 6.92 Å². The molecular formula is C19H28N2O4S. The van der Waals surface area contributed by atoms with E-state index in [9.17, 15) is 13.2 Å². The van der Waals surface area contributed by atoms with Crippen molar-refractivity contribution in [3.8, 4) is 0 Å². The van der Waals surface area contributed by atoms with E-state index in [2.05, 4.69) is 5.32 Å². The van der Waals surface area contributed by atoms with Crippen LogP contribution in [0.4, 0.5) is 0 Å². The van der Waals surface area contributed by atoms with Gasteiger partial charge in [0, 0.05) is 31.8 Å². The number of nitrogens with one attached hydrogen (secondary N) is 1. The van der Waals surface area contributed by atoms with Gasteiger partial charge >= 0.3 is 0 Å². The van der Waals surface area contributed by atoms with E-state index in [-0.39, 0.29) is 16.9 Å². The topological polar surface area (TPSA) is 75.7 Å². The van der Waals surface area contributed by atoms with Gasteiger partial charge in [-0.05, 0) is 50.3 Å². The Bertz CT molecular complexity index is 734. The first kappa shape index (κ1) is 19.3. The summed E-state index contributed by atoms with van der Waals surface area (Å²) in [5.74, 6) is -0.257. The minimum atomic E-state index is -3.57. The molecular weight excluding hydrogens is 352 g/mol. The number of nitrogens with zero attached hydrogens (tertiary/aromatic N) is 1. The van der Waals surface area contributed by atoms with E-state index in [1.165, 1.54) is 6.07 Å². The molecule has 1 N–H and O–H groups in total. The Hall–Kier alpha value is -1.44. The molecule has 0 spiro atoms. The van der Waals surface area contributed by atoms with Crippen LogP contribution in [-0.2, 0) is 14.8 Å². The quantitative estimate of drug-likeness (QED) is 0.851. The molecule has 1 aromatic carbocycles. The van der Waals surface area contributed by atoms with E-state index in [1.807, 2.05) is 0 Å². The lowest BCUT2D eigenvalue weighted by atomic mass is 10.1. The standard InChI is InChI=1S/C19H28N2O4S/c1-15-8-9-16(19(22)20-14-17-7-6-12-25-17)13-18(15)26(23,24)21-10-4-2-3-5-11-21/h8-9,13,17H,2-7,10-12,14H2,1H3,(H,20,22)/t17-/m0/s1. The van der Waals surface area contributed by atoms with Crippen molar-refractivity contribution in [3.05, 3.63) is 29.3 Å². The number of ether oxygens (including phenoxy) is 1. The molecule has 0 saturated carbocycles. The molecule has 0 radical (unpaired) electrons. The van der Waals surface area contributed by atoms with Gasteiger partial charge < -0.3 is 10.1 Å². The normalized spacial score (nSPS) is 22.1. The summed E-state index contributed by atoms with van der Waals surface area (Å²) in [6, 6.07) is 4.91. The fraction of sp³-hybridized carbons (Fsp3) is 0.632. The Balaban J connectivity index is 1.76. The highest BCUT2D eigenvalue weighted by Crippen LogP contribution is 2.24. The second kappa shape index (κ2) is 8.50. The fourth-order valence-electron chi connectivity index (χ4n) is 3.55. The van der Waals surface area contributed by atoms with Gasteiger partial charge in [0.15, 0.2) is 0 Å². The van der Waals surface area contributed by atoms with E-state index in [0.717, 1.165) is 45.1 Å². The summed E-state index contributed by atoms with van der Waals surface area (Å²) in [7, 11) is -3.57. The maximum Gasteiger partial charge on any atom is 0.251 e. The van der Waals surface area contributed by atoms with Crippen LogP contribution in [0.1, 0.15) is 54.4 Å². The minimum Gasteiger partial charge on any atom is -0.376 e. The monoisotopic (exact) mass is 380 g/mol. The van der Waals surface area contributed by atoms with Crippen LogP contribution in [0.2, 0.25) is 0 Å². The Morgan fingerprint density at radius 3 is 2.58 bits per heavy atom. The first-order valence-electron chi connectivity index (χ1n) is 9.49. The number of hydrogen-bond donors (Lipinski definition) is 1. The maximum atomic E-state index is 13.1. The first-order chi connectivity index (χ1) is 12.5. The molecule has 2 fully saturated rings. The molecule has 3 rings (SSSR count). The van der Waals surface area contributed by atoms with Crippen LogP contribution in [0.5, 0.6) is 0 Å². The molecule has 2 saturated heterocycles. The molecule has 0 aromatic heterocycles. The molecule has 2 aliphatic heterocycles. The van der Waals surface area contributed by atoms with Crippen molar-refractivity contribution in [1.29, 1.82) is 0 Å². The van der Waals surface area contributed by atoms with Gasteiger partial charge in [-0.1, -0.05) is 18.9 Å². The molecule has 0 unspecified atom stereocenters. The largest absolute Gasteiger partial charge is 0.376 e. The summed E-state index contributed by atoms with van der Waals surface area (Å²) < 4.78 is 33.2. The van der Waals surface area contributed by atoms with Crippen molar-refractivity contribution < 1.29 is 17.9 Å². The van der Waals surface area contributed by atoms with Gasteiger partial charge in [-0.15, -0.1) is 0 Å². The summed E-state index contributed by atoms with van der Waals surface area (Å²) >= 11 is 0. The summed E-state index contributed by atoms with van der Waals surface area (Å²) in [5, 5.41) is 2.86. The summed E-state index contributed by atoms with van der Waals surface area (Å²) in [6.07, 6.45) is 5.93. The molecule has 0 bridgehead atoms. The van der Waals surface area contributed by atoms with Gasteiger partial charge in [-0.3, -0.25) is 4.79 Å². The van der Waals surface area contributed by atoms with Crippen LogP contribution in [0.25, 0.3) is 0 Å². The zero-order valence-corrected chi connectivity index (χ0v) is 16.2. The van der Waals surface area contributed by atoms with Gasteiger partial charge in [0.1, 0.15) is 0 Å². The Kier molecular flexibility index (Phi) is 6.32. The summed E-state index contributed by atoms with van der Waals surface area (Å²) in [5.41, 5.74) is 1.05. The zero-order valence-electron chi connectivity index (χ0n) is 15.4. The van der Waals surface area contributed by atoms with Crippen LogP contribution in [0.15, 0.2) is 23.1 Å². The lowest BCUT2D eigenvalue weighted by Gasteiger charge is -2.21. The smallest absolute Gasteiger partial charge is 0.251 e. The average molecular weight is 381 g/mol. The van der Waals surface area contributed by atoms with Crippen LogP contribution < -0.4 is 5.32 Å². The predicted octanol–water partition coefficient (Wildman–Crippen LogP) is 2.47. The van der Waals surface area contributed by atoms with Crippen molar-refractivity contribution >= 4 is 15.9 Å². The molecule has 1 aromatic rings. The third-order valence-electron chi connectivity index (χ3n) is 5.15.